The first-order chi connectivity index (χ1) is 19.5. The van der Waals surface area contributed by atoms with Crippen LogP contribution in [0.1, 0.15) is 11.1 Å². The number of nitrogens with zero attached hydrogens (tertiary/aromatic N) is 3. The molecule has 0 aliphatic carbocycles. The molecule has 3 aromatic carbocycles. The number of aryl methyl sites for hydroxylation is 1. The van der Waals surface area contributed by atoms with Crippen LogP contribution in [0.4, 0.5) is 16.2 Å². The van der Waals surface area contributed by atoms with E-state index in [0.717, 1.165) is 17.5 Å². The van der Waals surface area contributed by atoms with Crippen molar-refractivity contribution in [1.82, 2.24) is 5.43 Å². The summed E-state index contributed by atoms with van der Waals surface area (Å²) in [7, 11) is -0.480. The maximum atomic E-state index is 13.6. The molecule has 0 aliphatic heterocycles. The fourth-order valence-electron chi connectivity index (χ4n) is 3.46. The van der Waals surface area contributed by atoms with Crippen molar-refractivity contribution in [3.63, 3.8) is 0 Å². The average molecular weight is 587 g/mol. The third kappa shape index (κ3) is 7.48. The molecular formula is C26H26N4O10S. The minimum absolute atomic E-state index is 0.0946. The van der Waals surface area contributed by atoms with Crippen molar-refractivity contribution in [2.75, 3.05) is 32.2 Å². The number of amides is 1. The molecule has 0 bridgehead atoms. The van der Waals surface area contributed by atoms with Gasteiger partial charge in [0.25, 0.3) is 21.6 Å². The SMILES string of the molecule is COC(=O)Oc1ccc(/C=N\NC(=O)CN(c2ccc(OC)cc2)S(=O)(=O)c2ccc(C)c([N+](=O)[O-])c2)cc1OC. The molecule has 0 radical (unpaired) electrons. The molecule has 216 valence electrons. The van der Waals surface area contributed by atoms with E-state index in [2.05, 4.69) is 15.3 Å². The smallest absolute Gasteiger partial charge is 0.497 e. The number of hydrogen-bond donors (Lipinski definition) is 1. The summed E-state index contributed by atoms with van der Waals surface area (Å²) in [5.74, 6) is -0.0729. The fourth-order valence-corrected chi connectivity index (χ4v) is 4.90. The zero-order chi connectivity index (χ0) is 30.2. The second-order valence-corrected chi connectivity index (χ2v) is 10.0. The second-order valence-electron chi connectivity index (χ2n) is 8.17. The molecule has 15 heteroatoms. The molecule has 1 amide bonds. The van der Waals surface area contributed by atoms with E-state index in [4.69, 9.17) is 14.2 Å². The summed E-state index contributed by atoms with van der Waals surface area (Å²) in [6, 6.07) is 13.8. The van der Waals surface area contributed by atoms with Crippen molar-refractivity contribution in [3.8, 4) is 17.2 Å². The van der Waals surface area contributed by atoms with Crippen molar-refractivity contribution in [3.05, 3.63) is 81.9 Å². The summed E-state index contributed by atoms with van der Waals surface area (Å²) in [5.41, 5.74) is 2.71. The van der Waals surface area contributed by atoms with Gasteiger partial charge in [-0.2, -0.15) is 5.10 Å². The number of sulfonamides is 1. The van der Waals surface area contributed by atoms with E-state index in [1.165, 1.54) is 82.0 Å². The Hall–Kier alpha value is -5.18. The topological polar surface area (TPSA) is 176 Å². The summed E-state index contributed by atoms with van der Waals surface area (Å²) >= 11 is 0. The van der Waals surface area contributed by atoms with Crippen LogP contribution in [0.2, 0.25) is 0 Å². The van der Waals surface area contributed by atoms with Crippen LogP contribution >= 0.6 is 0 Å². The minimum Gasteiger partial charge on any atom is -0.497 e. The van der Waals surface area contributed by atoms with Crippen molar-refractivity contribution >= 4 is 39.7 Å². The first-order valence-corrected chi connectivity index (χ1v) is 13.1. The van der Waals surface area contributed by atoms with Gasteiger partial charge in [-0.3, -0.25) is 19.2 Å². The lowest BCUT2D eigenvalue weighted by Crippen LogP contribution is -2.39. The Balaban J connectivity index is 1.86. The number of rotatable bonds is 11. The minimum atomic E-state index is -4.44. The molecule has 1 N–H and O–H groups in total. The number of nitro benzene ring substituents is 1. The van der Waals surface area contributed by atoms with Gasteiger partial charge in [0.2, 0.25) is 0 Å². The lowest BCUT2D eigenvalue weighted by Gasteiger charge is -2.24. The number of hydrazone groups is 1. The molecule has 0 aliphatic rings. The molecule has 0 aromatic heterocycles. The van der Waals surface area contributed by atoms with Gasteiger partial charge in [-0.1, -0.05) is 6.07 Å². The van der Waals surface area contributed by atoms with Gasteiger partial charge < -0.3 is 18.9 Å². The molecule has 3 aromatic rings. The summed E-state index contributed by atoms with van der Waals surface area (Å²) < 4.78 is 47.7. The number of hydrogen-bond acceptors (Lipinski definition) is 11. The number of ether oxygens (including phenoxy) is 4. The Bertz CT molecular complexity index is 1570. The summed E-state index contributed by atoms with van der Waals surface area (Å²) in [4.78, 5) is 34.5. The highest BCUT2D eigenvalue weighted by molar-refractivity contribution is 7.92. The van der Waals surface area contributed by atoms with Crippen molar-refractivity contribution in [2.45, 2.75) is 11.8 Å². The van der Waals surface area contributed by atoms with Crippen LogP contribution in [0.3, 0.4) is 0 Å². The van der Waals surface area contributed by atoms with Gasteiger partial charge in [0, 0.05) is 11.6 Å². The molecule has 14 nitrogen and oxygen atoms in total. The van der Waals surface area contributed by atoms with E-state index in [1.54, 1.807) is 0 Å². The van der Waals surface area contributed by atoms with E-state index < -0.39 is 33.6 Å². The number of benzene rings is 3. The molecule has 41 heavy (non-hydrogen) atoms. The molecule has 3 rings (SSSR count). The van der Waals surface area contributed by atoms with Crippen molar-refractivity contribution in [1.29, 1.82) is 0 Å². The molecule has 0 saturated heterocycles. The quantitative estimate of drug-likeness (QED) is 0.115. The first-order valence-electron chi connectivity index (χ1n) is 11.7. The lowest BCUT2D eigenvalue weighted by molar-refractivity contribution is -0.385. The predicted molar refractivity (Wildman–Crippen MR) is 147 cm³/mol. The van der Waals surface area contributed by atoms with Gasteiger partial charge in [0.15, 0.2) is 11.5 Å². The van der Waals surface area contributed by atoms with Gasteiger partial charge in [-0.15, -0.1) is 0 Å². The number of nitro groups is 1. The van der Waals surface area contributed by atoms with Crippen LogP contribution < -0.4 is 23.9 Å². The van der Waals surface area contributed by atoms with Crippen molar-refractivity contribution in [2.24, 2.45) is 5.10 Å². The molecule has 0 atom stereocenters. The zero-order valence-electron chi connectivity index (χ0n) is 22.4. The summed E-state index contributed by atoms with van der Waals surface area (Å²) in [6.07, 6.45) is 0.325. The van der Waals surface area contributed by atoms with Gasteiger partial charge in [-0.25, -0.2) is 18.6 Å². The van der Waals surface area contributed by atoms with E-state index in [9.17, 15) is 28.1 Å². The van der Waals surface area contributed by atoms with Crippen LogP contribution in [-0.2, 0) is 19.6 Å². The molecule has 0 spiro atoms. The number of anilines is 1. The average Bonchev–Trinajstić information content (AvgIpc) is 2.96. The Labute approximate surface area is 235 Å². The van der Waals surface area contributed by atoms with E-state index in [0.29, 0.717) is 11.3 Å². The normalized spacial score (nSPS) is 11.0. The number of carbonyl (C=O) groups is 2. The third-order valence-electron chi connectivity index (χ3n) is 5.56. The van der Waals surface area contributed by atoms with E-state index in [1.807, 2.05) is 0 Å². The molecule has 0 unspecified atom stereocenters. The van der Waals surface area contributed by atoms with Crippen molar-refractivity contribution < 1.29 is 41.9 Å². The highest BCUT2D eigenvalue weighted by Crippen LogP contribution is 2.30. The van der Waals surface area contributed by atoms with Gasteiger partial charge >= 0.3 is 6.16 Å². The fraction of sp³-hybridized carbons (Fsp3) is 0.192. The zero-order valence-corrected chi connectivity index (χ0v) is 23.2. The highest BCUT2D eigenvalue weighted by Gasteiger charge is 2.29. The van der Waals surface area contributed by atoms with Crippen LogP contribution in [0, 0.1) is 17.0 Å². The monoisotopic (exact) mass is 586 g/mol. The molecule has 0 heterocycles. The van der Waals surface area contributed by atoms with Gasteiger partial charge in [0.1, 0.15) is 12.3 Å². The van der Waals surface area contributed by atoms with Crippen LogP contribution in [0.25, 0.3) is 0 Å². The second kappa shape index (κ2) is 13.3. The largest absolute Gasteiger partial charge is 0.513 e. The van der Waals surface area contributed by atoms with Crippen LogP contribution in [-0.4, -0.2) is 59.5 Å². The summed E-state index contributed by atoms with van der Waals surface area (Å²) in [6.45, 7) is 0.777. The van der Waals surface area contributed by atoms with E-state index >= 15 is 0 Å². The Kier molecular flexibility index (Phi) is 9.81. The lowest BCUT2D eigenvalue weighted by atomic mass is 10.2. The number of nitrogens with one attached hydrogen (secondary N) is 1. The molecule has 0 fully saturated rings. The summed E-state index contributed by atoms with van der Waals surface area (Å²) in [5, 5.41) is 15.3. The number of carbonyl (C=O) groups excluding carboxylic acids is 2. The van der Waals surface area contributed by atoms with Gasteiger partial charge in [-0.05, 0) is 61.0 Å². The maximum absolute atomic E-state index is 13.6. The standard InChI is InChI=1S/C26H26N4O10S/c1-17-5-11-21(14-22(17)30(33)34)41(35,36)29(19-7-9-20(37-2)10-8-19)16-25(31)28-27-15-18-6-12-23(24(13-18)38-3)40-26(32)39-4/h5-15H,16H2,1-4H3,(H,28,31)/b27-15-. The van der Waals surface area contributed by atoms with Gasteiger partial charge in [0.05, 0.1) is 43.1 Å². The predicted octanol–water partition coefficient (Wildman–Crippen LogP) is 3.41. The van der Waals surface area contributed by atoms with Crippen LogP contribution in [0.15, 0.2) is 70.7 Å². The highest BCUT2D eigenvalue weighted by atomic mass is 32.2. The Morgan fingerprint density at radius 2 is 1.71 bits per heavy atom. The number of methoxy groups -OCH3 is 3. The Morgan fingerprint density at radius 1 is 1.00 bits per heavy atom. The van der Waals surface area contributed by atoms with E-state index in [-0.39, 0.29) is 33.3 Å². The third-order valence-corrected chi connectivity index (χ3v) is 7.33. The Morgan fingerprint density at radius 3 is 2.32 bits per heavy atom. The first kappa shape index (κ1) is 30.4. The maximum Gasteiger partial charge on any atom is 0.513 e. The van der Waals surface area contributed by atoms with Crippen LogP contribution in [0.5, 0.6) is 17.2 Å². The molecule has 0 saturated carbocycles. The molecular weight excluding hydrogens is 560 g/mol.